The number of aryl methyl sites for hydroxylation is 1. The Kier molecular flexibility index (Phi) is 6.57. The van der Waals surface area contributed by atoms with Crippen molar-refractivity contribution in [1.29, 1.82) is 0 Å². The van der Waals surface area contributed by atoms with E-state index in [1.165, 1.54) is 42.6 Å². The fourth-order valence-corrected chi connectivity index (χ4v) is 6.05. The molecule has 0 radical (unpaired) electrons. The van der Waals surface area contributed by atoms with Crippen LogP contribution in [0.5, 0.6) is 0 Å². The summed E-state index contributed by atoms with van der Waals surface area (Å²) in [6, 6.07) is 15.6. The molecule has 2 heterocycles. The van der Waals surface area contributed by atoms with Gasteiger partial charge in [0, 0.05) is 30.2 Å². The number of pyridine rings is 1. The first-order chi connectivity index (χ1) is 15.3. The molecule has 0 unspecified atom stereocenters. The van der Waals surface area contributed by atoms with Gasteiger partial charge in [-0.15, -0.1) is 11.3 Å². The molecule has 0 fully saturated rings. The van der Waals surface area contributed by atoms with Crippen LogP contribution in [0, 0.1) is 18.8 Å². The fourth-order valence-electron chi connectivity index (χ4n) is 4.72. The highest BCUT2D eigenvalue weighted by molar-refractivity contribution is 7.23. The van der Waals surface area contributed by atoms with Gasteiger partial charge >= 0.3 is 0 Å². The maximum Gasteiger partial charge on any atom is 0.0951 e. The van der Waals surface area contributed by atoms with Gasteiger partial charge in [-0.05, 0) is 64.8 Å². The van der Waals surface area contributed by atoms with Crippen molar-refractivity contribution in [3.63, 3.8) is 0 Å². The van der Waals surface area contributed by atoms with Crippen LogP contribution in [0.15, 0.2) is 48.7 Å². The number of nitrogens with zero attached hydrogens (tertiary/aromatic N) is 2. The van der Waals surface area contributed by atoms with Gasteiger partial charge in [-0.3, -0.25) is 4.98 Å². The van der Waals surface area contributed by atoms with Crippen LogP contribution in [0.1, 0.15) is 58.6 Å². The SMILES string of the molecule is Cc1c(N(CC(C)C)CC(C)C)sc2c(-c3cc(C(C)C)c4ccccc4c3)nccc12. The molecule has 0 aliphatic rings. The number of anilines is 1. The third-order valence-corrected chi connectivity index (χ3v) is 7.45. The molecule has 0 saturated carbocycles. The standard InChI is InChI=1S/C29H36N2S/c1-18(2)16-31(17-19(3)4)29-21(7)24-12-13-30-27(28(24)32-29)23-14-22-10-8-9-11-25(22)26(15-23)20(5)6/h8-15,18-20H,16-17H2,1-7H3. The van der Waals surface area contributed by atoms with E-state index in [-0.39, 0.29) is 0 Å². The number of rotatable bonds is 7. The van der Waals surface area contributed by atoms with Gasteiger partial charge in [-0.2, -0.15) is 0 Å². The summed E-state index contributed by atoms with van der Waals surface area (Å²) >= 11 is 1.92. The van der Waals surface area contributed by atoms with Gasteiger partial charge in [0.15, 0.2) is 0 Å². The van der Waals surface area contributed by atoms with Gasteiger partial charge in [-0.25, -0.2) is 0 Å². The molecule has 0 spiro atoms. The van der Waals surface area contributed by atoms with Crippen LogP contribution in [0.2, 0.25) is 0 Å². The monoisotopic (exact) mass is 444 g/mol. The van der Waals surface area contributed by atoms with Crippen LogP contribution in [0.25, 0.3) is 32.1 Å². The van der Waals surface area contributed by atoms with E-state index in [1.807, 2.05) is 17.5 Å². The van der Waals surface area contributed by atoms with Crippen LogP contribution in [-0.4, -0.2) is 18.1 Å². The highest BCUT2D eigenvalue weighted by Gasteiger charge is 2.20. The maximum atomic E-state index is 4.91. The van der Waals surface area contributed by atoms with Crippen molar-refractivity contribution >= 4 is 37.2 Å². The lowest BCUT2D eigenvalue weighted by Crippen LogP contribution is -2.31. The van der Waals surface area contributed by atoms with Gasteiger partial charge < -0.3 is 4.90 Å². The van der Waals surface area contributed by atoms with Crippen molar-refractivity contribution in [2.24, 2.45) is 11.8 Å². The summed E-state index contributed by atoms with van der Waals surface area (Å²) < 4.78 is 1.31. The van der Waals surface area contributed by atoms with Gasteiger partial charge in [0.25, 0.3) is 0 Å². The molecule has 0 bridgehead atoms. The number of fused-ring (bicyclic) bond motifs is 2. The van der Waals surface area contributed by atoms with E-state index >= 15 is 0 Å². The number of aromatic nitrogens is 1. The Labute approximate surface area is 197 Å². The van der Waals surface area contributed by atoms with Crippen molar-refractivity contribution in [3.8, 4) is 11.3 Å². The second kappa shape index (κ2) is 9.23. The molecule has 0 aliphatic heterocycles. The third kappa shape index (κ3) is 4.41. The van der Waals surface area contributed by atoms with Crippen molar-refractivity contribution in [2.75, 3.05) is 18.0 Å². The van der Waals surface area contributed by atoms with Crippen LogP contribution in [0.3, 0.4) is 0 Å². The lowest BCUT2D eigenvalue weighted by molar-refractivity contribution is 0.555. The second-order valence-electron chi connectivity index (χ2n) is 10.2. The lowest BCUT2D eigenvalue weighted by atomic mass is 9.92. The summed E-state index contributed by atoms with van der Waals surface area (Å²) in [5.41, 5.74) is 5.13. The van der Waals surface area contributed by atoms with Crippen molar-refractivity contribution in [2.45, 2.75) is 54.4 Å². The van der Waals surface area contributed by atoms with E-state index in [0.717, 1.165) is 18.8 Å². The molecular weight excluding hydrogens is 408 g/mol. The minimum atomic E-state index is 0.465. The van der Waals surface area contributed by atoms with Gasteiger partial charge in [0.2, 0.25) is 0 Å². The average Bonchev–Trinajstić information content (AvgIpc) is 3.08. The largest absolute Gasteiger partial charge is 0.363 e. The molecule has 4 rings (SSSR count). The Bertz CT molecular complexity index is 1220. The first kappa shape index (κ1) is 22.8. The number of thiophene rings is 1. The summed E-state index contributed by atoms with van der Waals surface area (Å²) in [4.78, 5) is 7.51. The molecule has 0 N–H and O–H groups in total. The number of hydrogen-bond donors (Lipinski definition) is 0. The summed E-state index contributed by atoms with van der Waals surface area (Å²) in [5, 5.41) is 5.39. The van der Waals surface area contributed by atoms with E-state index in [2.05, 4.69) is 95.8 Å². The van der Waals surface area contributed by atoms with Crippen LogP contribution < -0.4 is 4.90 Å². The third-order valence-electron chi connectivity index (χ3n) is 6.08. The molecule has 32 heavy (non-hydrogen) atoms. The molecule has 2 aromatic heterocycles. The summed E-state index contributed by atoms with van der Waals surface area (Å²) in [6.45, 7) is 18.3. The Morgan fingerprint density at radius 1 is 0.875 bits per heavy atom. The Morgan fingerprint density at radius 3 is 2.22 bits per heavy atom. The Morgan fingerprint density at radius 2 is 1.56 bits per heavy atom. The molecule has 2 aromatic carbocycles. The zero-order valence-corrected chi connectivity index (χ0v) is 21.4. The molecule has 3 heteroatoms. The summed E-state index contributed by atoms with van der Waals surface area (Å²) in [6.07, 6.45) is 1.99. The normalized spacial score (nSPS) is 12.1. The smallest absolute Gasteiger partial charge is 0.0951 e. The molecule has 0 amide bonds. The molecular formula is C29H36N2S. The van der Waals surface area contributed by atoms with Crippen LogP contribution in [-0.2, 0) is 0 Å². The topological polar surface area (TPSA) is 16.1 Å². The van der Waals surface area contributed by atoms with Crippen LogP contribution >= 0.6 is 11.3 Å². The van der Waals surface area contributed by atoms with Gasteiger partial charge in [0.05, 0.1) is 15.4 Å². The highest BCUT2D eigenvalue weighted by Crippen LogP contribution is 2.43. The van der Waals surface area contributed by atoms with Gasteiger partial charge in [0.1, 0.15) is 0 Å². The zero-order chi connectivity index (χ0) is 23.0. The van der Waals surface area contributed by atoms with E-state index in [0.29, 0.717) is 17.8 Å². The van der Waals surface area contributed by atoms with Crippen molar-refractivity contribution in [1.82, 2.24) is 4.98 Å². The summed E-state index contributed by atoms with van der Waals surface area (Å²) in [5.74, 6) is 1.72. The first-order valence-electron chi connectivity index (χ1n) is 11.9. The molecule has 2 nitrogen and oxygen atoms in total. The predicted octanol–water partition coefficient (Wildman–Crippen LogP) is 8.67. The van der Waals surface area contributed by atoms with E-state index in [4.69, 9.17) is 4.98 Å². The molecule has 0 saturated heterocycles. The predicted molar refractivity (Wildman–Crippen MR) is 143 cm³/mol. The minimum absolute atomic E-state index is 0.465. The highest BCUT2D eigenvalue weighted by atomic mass is 32.1. The second-order valence-corrected chi connectivity index (χ2v) is 11.2. The first-order valence-corrected chi connectivity index (χ1v) is 12.7. The quantitative estimate of drug-likeness (QED) is 0.283. The zero-order valence-electron chi connectivity index (χ0n) is 20.6. The van der Waals surface area contributed by atoms with E-state index in [1.54, 1.807) is 0 Å². The van der Waals surface area contributed by atoms with Crippen molar-refractivity contribution in [3.05, 3.63) is 59.8 Å². The fraction of sp³-hybridized carbons (Fsp3) is 0.414. The molecule has 0 atom stereocenters. The molecule has 168 valence electrons. The van der Waals surface area contributed by atoms with E-state index < -0.39 is 0 Å². The number of hydrogen-bond acceptors (Lipinski definition) is 3. The van der Waals surface area contributed by atoms with Crippen molar-refractivity contribution < 1.29 is 0 Å². The minimum Gasteiger partial charge on any atom is -0.363 e. The lowest BCUT2D eigenvalue weighted by Gasteiger charge is -2.27. The molecule has 4 aromatic rings. The maximum absolute atomic E-state index is 4.91. The molecule has 0 aliphatic carbocycles. The summed E-state index contributed by atoms with van der Waals surface area (Å²) in [7, 11) is 0. The number of benzene rings is 2. The van der Waals surface area contributed by atoms with Crippen LogP contribution in [0.4, 0.5) is 5.00 Å². The van der Waals surface area contributed by atoms with E-state index in [9.17, 15) is 0 Å². The Hall–Kier alpha value is -2.39. The van der Waals surface area contributed by atoms with Gasteiger partial charge in [-0.1, -0.05) is 65.8 Å². The Balaban J connectivity index is 1.91. The average molecular weight is 445 g/mol.